The van der Waals surface area contributed by atoms with E-state index < -0.39 is 0 Å². The highest BCUT2D eigenvalue weighted by atomic mass is 16.5. The van der Waals surface area contributed by atoms with E-state index in [0.717, 1.165) is 57.8 Å². The predicted octanol–water partition coefficient (Wildman–Crippen LogP) is 0.960. The highest BCUT2D eigenvalue weighted by molar-refractivity contribution is 4.89. The Balaban J connectivity index is 1.38. The number of nitrogens with zero attached hydrogens (tertiary/aromatic N) is 2. The zero-order valence-electron chi connectivity index (χ0n) is 11.8. The van der Waals surface area contributed by atoms with Gasteiger partial charge in [-0.2, -0.15) is 4.98 Å². The van der Waals surface area contributed by atoms with Crippen molar-refractivity contribution in [3.63, 3.8) is 0 Å². The largest absolute Gasteiger partial charge is 0.381 e. The van der Waals surface area contributed by atoms with Crippen LogP contribution in [-0.2, 0) is 22.3 Å². The Hall–Kier alpha value is -0.980. The standard InChI is InChI=1S/C14H23N3O3/c1-5-15-6-2-12(1)19-8-4-14-16-13(17-20-14)9-11-3-7-18-10-11/h11-12,15H,1-10H2. The number of rotatable bonds is 6. The van der Waals surface area contributed by atoms with Gasteiger partial charge in [0.25, 0.3) is 0 Å². The molecule has 1 unspecified atom stereocenters. The minimum absolute atomic E-state index is 0.384. The van der Waals surface area contributed by atoms with Crippen LogP contribution in [0.4, 0.5) is 0 Å². The van der Waals surface area contributed by atoms with Gasteiger partial charge in [-0.3, -0.25) is 0 Å². The zero-order chi connectivity index (χ0) is 13.6. The minimum atomic E-state index is 0.384. The molecule has 6 heteroatoms. The van der Waals surface area contributed by atoms with E-state index in [1.54, 1.807) is 0 Å². The molecular weight excluding hydrogens is 258 g/mol. The van der Waals surface area contributed by atoms with Gasteiger partial charge in [-0.05, 0) is 38.3 Å². The highest BCUT2D eigenvalue weighted by Gasteiger charge is 2.19. The lowest BCUT2D eigenvalue weighted by Gasteiger charge is -2.22. The number of nitrogens with one attached hydrogen (secondary N) is 1. The Morgan fingerprint density at radius 2 is 2.15 bits per heavy atom. The van der Waals surface area contributed by atoms with E-state index in [2.05, 4.69) is 15.5 Å². The van der Waals surface area contributed by atoms with Gasteiger partial charge in [0, 0.05) is 19.6 Å². The van der Waals surface area contributed by atoms with Crippen LogP contribution in [0.5, 0.6) is 0 Å². The van der Waals surface area contributed by atoms with Crippen LogP contribution < -0.4 is 5.32 Å². The summed E-state index contributed by atoms with van der Waals surface area (Å²) in [5, 5.41) is 7.37. The lowest BCUT2D eigenvalue weighted by Crippen LogP contribution is -2.32. The third-order valence-corrected chi connectivity index (χ3v) is 3.96. The number of ether oxygens (including phenoxy) is 2. The van der Waals surface area contributed by atoms with Crippen LogP contribution in [0.15, 0.2) is 4.52 Å². The van der Waals surface area contributed by atoms with Crippen molar-refractivity contribution >= 4 is 0 Å². The molecule has 0 spiro atoms. The highest BCUT2D eigenvalue weighted by Crippen LogP contribution is 2.16. The third kappa shape index (κ3) is 4.01. The van der Waals surface area contributed by atoms with Crippen molar-refractivity contribution in [1.29, 1.82) is 0 Å². The van der Waals surface area contributed by atoms with Crippen LogP contribution in [0.2, 0.25) is 0 Å². The third-order valence-electron chi connectivity index (χ3n) is 3.96. The summed E-state index contributed by atoms with van der Waals surface area (Å²) >= 11 is 0. The first-order chi connectivity index (χ1) is 9.90. The molecule has 112 valence electrons. The molecule has 3 rings (SSSR count). The monoisotopic (exact) mass is 281 g/mol. The van der Waals surface area contributed by atoms with Gasteiger partial charge in [-0.25, -0.2) is 0 Å². The maximum Gasteiger partial charge on any atom is 0.228 e. The summed E-state index contributed by atoms with van der Waals surface area (Å²) in [6.45, 7) is 4.46. The maximum atomic E-state index is 5.84. The smallest absolute Gasteiger partial charge is 0.228 e. The van der Waals surface area contributed by atoms with Gasteiger partial charge < -0.3 is 19.3 Å². The van der Waals surface area contributed by atoms with E-state index in [-0.39, 0.29) is 0 Å². The molecular formula is C14H23N3O3. The number of hydrogen-bond acceptors (Lipinski definition) is 6. The molecule has 20 heavy (non-hydrogen) atoms. The maximum absolute atomic E-state index is 5.84. The van der Waals surface area contributed by atoms with Crippen molar-refractivity contribution in [1.82, 2.24) is 15.5 Å². The molecule has 1 aromatic rings. The van der Waals surface area contributed by atoms with Crippen LogP contribution in [-0.4, -0.2) is 49.2 Å². The first kappa shape index (κ1) is 14.0. The lowest BCUT2D eigenvalue weighted by atomic mass is 10.1. The molecule has 2 saturated heterocycles. The summed E-state index contributed by atoms with van der Waals surface area (Å²) < 4.78 is 16.5. The SMILES string of the molecule is C1CC(OCCc2nc(CC3CCOC3)no2)CCN1. The Bertz CT molecular complexity index is 398. The summed E-state index contributed by atoms with van der Waals surface area (Å²) in [4.78, 5) is 4.43. The Morgan fingerprint density at radius 3 is 2.95 bits per heavy atom. The molecule has 0 saturated carbocycles. The molecule has 2 aliphatic rings. The molecule has 1 N–H and O–H groups in total. The van der Waals surface area contributed by atoms with Crippen molar-refractivity contribution in [2.24, 2.45) is 5.92 Å². The predicted molar refractivity (Wildman–Crippen MR) is 72.5 cm³/mol. The summed E-state index contributed by atoms with van der Waals surface area (Å²) in [7, 11) is 0. The van der Waals surface area contributed by atoms with Crippen LogP contribution >= 0.6 is 0 Å². The van der Waals surface area contributed by atoms with Crippen molar-refractivity contribution in [2.75, 3.05) is 32.9 Å². The first-order valence-corrected chi connectivity index (χ1v) is 7.61. The quantitative estimate of drug-likeness (QED) is 0.837. The van der Waals surface area contributed by atoms with Crippen LogP contribution in [0.3, 0.4) is 0 Å². The fraction of sp³-hybridized carbons (Fsp3) is 0.857. The van der Waals surface area contributed by atoms with Crippen molar-refractivity contribution in [2.45, 2.75) is 38.2 Å². The van der Waals surface area contributed by atoms with Crippen LogP contribution in [0.1, 0.15) is 31.0 Å². The fourth-order valence-corrected chi connectivity index (χ4v) is 2.75. The first-order valence-electron chi connectivity index (χ1n) is 7.61. The molecule has 3 heterocycles. The molecule has 0 amide bonds. The van der Waals surface area contributed by atoms with E-state index in [4.69, 9.17) is 14.0 Å². The summed E-state index contributed by atoms with van der Waals surface area (Å²) in [6.07, 6.45) is 5.24. The Labute approximate surface area is 119 Å². The van der Waals surface area contributed by atoms with E-state index in [1.807, 2.05) is 0 Å². The zero-order valence-corrected chi connectivity index (χ0v) is 11.8. The van der Waals surface area contributed by atoms with E-state index in [0.29, 0.717) is 30.9 Å². The van der Waals surface area contributed by atoms with E-state index in [1.165, 1.54) is 0 Å². The average Bonchev–Trinajstić information content (AvgIpc) is 3.13. The van der Waals surface area contributed by atoms with Gasteiger partial charge in [-0.1, -0.05) is 5.16 Å². The average molecular weight is 281 g/mol. The van der Waals surface area contributed by atoms with Gasteiger partial charge in [0.2, 0.25) is 5.89 Å². The number of aromatic nitrogens is 2. The second kappa shape index (κ2) is 7.15. The molecule has 6 nitrogen and oxygen atoms in total. The van der Waals surface area contributed by atoms with Crippen molar-refractivity contribution in [3.8, 4) is 0 Å². The molecule has 1 aromatic heterocycles. The van der Waals surface area contributed by atoms with Crippen molar-refractivity contribution in [3.05, 3.63) is 11.7 Å². The van der Waals surface area contributed by atoms with Gasteiger partial charge in [0.05, 0.1) is 19.1 Å². The molecule has 0 aliphatic carbocycles. The summed E-state index contributed by atoms with van der Waals surface area (Å²) in [5.41, 5.74) is 0. The van der Waals surface area contributed by atoms with Crippen LogP contribution in [0.25, 0.3) is 0 Å². The minimum Gasteiger partial charge on any atom is -0.381 e. The number of piperidine rings is 1. The Morgan fingerprint density at radius 1 is 1.25 bits per heavy atom. The normalized spacial score (nSPS) is 24.3. The topological polar surface area (TPSA) is 69.4 Å². The fourth-order valence-electron chi connectivity index (χ4n) is 2.75. The Kier molecular flexibility index (Phi) is 5.00. The molecule has 0 bridgehead atoms. The molecule has 0 aromatic carbocycles. The number of hydrogen-bond donors (Lipinski definition) is 1. The van der Waals surface area contributed by atoms with Gasteiger partial charge in [0.15, 0.2) is 5.82 Å². The van der Waals surface area contributed by atoms with E-state index >= 15 is 0 Å². The lowest BCUT2D eigenvalue weighted by molar-refractivity contribution is 0.0322. The molecule has 2 aliphatic heterocycles. The van der Waals surface area contributed by atoms with E-state index in [9.17, 15) is 0 Å². The van der Waals surface area contributed by atoms with Crippen LogP contribution in [0, 0.1) is 5.92 Å². The second-order valence-electron chi connectivity index (χ2n) is 5.61. The van der Waals surface area contributed by atoms with Gasteiger partial charge in [-0.15, -0.1) is 0 Å². The van der Waals surface area contributed by atoms with Crippen molar-refractivity contribution < 1.29 is 14.0 Å². The molecule has 0 radical (unpaired) electrons. The summed E-state index contributed by atoms with van der Waals surface area (Å²) in [5.74, 6) is 2.04. The summed E-state index contributed by atoms with van der Waals surface area (Å²) in [6, 6.07) is 0. The van der Waals surface area contributed by atoms with Gasteiger partial charge >= 0.3 is 0 Å². The second-order valence-corrected chi connectivity index (χ2v) is 5.61. The molecule has 2 fully saturated rings. The molecule has 1 atom stereocenters. The van der Waals surface area contributed by atoms with Gasteiger partial charge in [0.1, 0.15) is 0 Å².